The molecule has 9 heteroatoms. The van der Waals surface area contributed by atoms with Crippen molar-refractivity contribution in [1.29, 1.82) is 0 Å². The first kappa shape index (κ1) is 18.3. The maximum Gasteiger partial charge on any atom is 0.410 e. The van der Waals surface area contributed by atoms with Gasteiger partial charge in [-0.1, -0.05) is 6.92 Å². The highest BCUT2D eigenvalue weighted by Crippen LogP contribution is 2.56. The number of amides is 1. The topological polar surface area (TPSA) is 42.0 Å². The van der Waals surface area contributed by atoms with E-state index in [-0.39, 0.29) is 0 Å². The lowest BCUT2D eigenvalue weighted by Gasteiger charge is -2.33. The summed E-state index contributed by atoms with van der Waals surface area (Å²) in [5.41, 5.74) is 0. The zero-order valence-corrected chi connectivity index (χ0v) is 13.6. The van der Waals surface area contributed by atoms with Gasteiger partial charge in [0.25, 0.3) is 6.64 Å². The van der Waals surface area contributed by atoms with Crippen LogP contribution < -0.4 is 0 Å². The van der Waals surface area contributed by atoms with Gasteiger partial charge in [-0.2, -0.15) is 4.08 Å². The van der Waals surface area contributed by atoms with Gasteiger partial charge in [0, 0.05) is 13.6 Å². The Morgan fingerprint density at radius 1 is 1.33 bits per heavy atom. The number of nitrogens with zero attached hydrogens (tertiary/aromatic N) is 2. The van der Waals surface area contributed by atoms with Crippen LogP contribution in [0.5, 0.6) is 0 Å². The van der Waals surface area contributed by atoms with Crippen molar-refractivity contribution in [3.8, 4) is 0 Å². The summed E-state index contributed by atoms with van der Waals surface area (Å²) < 4.78 is 26.1. The van der Waals surface area contributed by atoms with Gasteiger partial charge in [0.1, 0.15) is 0 Å². The van der Waals surface area contributed by atoms with Crippen molar-refractivity contribution in [2.45, 2.75) is 27.2 Å². The second-order valence-corrected chi connectivity index (χ2v) is 7.96. The van der Waals surface area contributed by atoms with Crippen LogP contribution >= 0.6 is 18.8 Å². The fraction of sp³-hybridized carbons (Fsp3) is 0.889. The lowest BCUT2D eigenvalue weighted by Crippen LogP contribution is -2.25. The fourth-order valence-corrected chi connectivity index (χ4v) is 5.22. The number of rotatable bonds is 9. The first-order valence-electron chi connectivity index (χ1n) is 5.69. The molecule has 0 aromatic rings. The highest BCUT2D eigenvalue weighted by molar-refractivity contribution is 8.15. The fourth-order valence-electron chi connectivity index (χ4n) is 1.07. The van der Waals surface area contributed by atoms with Crippen LogP contribution in [0.1, 0.15) is 27.2 Å². The SMILES string of the molecule is CCCN(SN(C)C(=O)F)P(=S)(OCC)OCC. The Hall–Kier alpha value is 0.280. The summed E-state index contributed by atoms with van der Waals surface area (Å²) >= 11 is 6.30. The molecular formula is C9H20FN2O3PS2. The summed E-state index contributed by atoms with van der Waals surface area (Å²) in [5.74, 6) is 0. The summed E-state index contributed by atoms with van der Waals surface area (Å²) in [4.78, 5) is 10.6. The smallest absolute Gasteiger partial charge is 0.318 e. The molecule has 0 fully saturated rings. The normalized spacial score (nSPS) is 11.9. The van der Waals surface area contributed by atoms with E-state index in [2.05, 4.69) is 0 Å². The van der Waals surface area contributed by atoms with E-state index in [0.717, 1.165) is 22.9 Å². The Morgan fingerprint density at radius 3 is 2.17 bits per heavy atom. The quantitative estimate of drug-likeness (QED) is 0.280. The molecule has 108 valence electrons. The maximum atomic E-state index is 12.6. The van der Waals surface area contributed by atoms with Crippen LogP contribution in [0.15, 0.2) is 0 Å². The average molecular weight is 318 g/mol. The Kier molecular flexibility index (Phi) is 9.37. The molecular weight excluding hydrogens is 298 g/mol. The number of hydrogen-bond acceptors (Lipinski definition) is 5. The van der Waals surface area contributed by atoms with E-state index >= 15 is 0 Å². The van der Waals surface area contributed by atoms with Crippen LogP contribution in [0.3, 0.4) is 0 Å². The molecule has 0 bridgehead atoms. The highest BCUT2D eigenvalue weighted by atomic mass is 32.5. The lowest BCUT2D eigenvalue weighted by atomic mass is 10.5. The van der Waals surface area contributed by atoms with E-state index in [4.69, 9.17) is 20.9 Å². The molecule has 1 amide bonds. The monoisotopic (exact) mass is 318 g/mol. The van der Waals surface area contributed by atoms with Crippen LogP contribution in [-0.2, 0) is 20.9 Å². The van der Waals surface area contributed by atoms with Gasteiger partial charge < -0.3 is 9.05 Å². The largest absolute Gasteiger partial charge is 0.410 e. The van der Waals surface area contributed by atoms with Crippen LogP contribution in [0.4, 0.5) is 9.18 Å². The molecule has 0 N–H and O–H groups in total. The van der Waals surface area contributed by atoms with Crippen molar-refractivity contribution in [3.05, 3.63) is 0 Å². The average Bonchev–Trinajstić information content (AvgIpc) is 2.28. The van der Waals surface area contributed by atoms with Crippen molar-refractivity contribution >= 4 is 36.7 Å². The van der Waals surface area contributed by atoms with Crippen molar-refractivity contribution in [2.24, 2.45) is 0 Å². The molecule has 0 saturated carbocycles. The van der Waals surface area contributed by atoms with Crippen molar-refractivity contribution < 1.29 is 18.2 Å². The van der Waals surface area contributed by atoms with Crippen molar-refractivity contribution in [1.82, 2.24) is 8.38 Å². The first-order chi connectivity index (χ1) is 8.41. The molecule has 0 spiro atoms. The third-order valence-electron chi connectivity index (χ3n) is 1.74. The Balaban J connectivity index is 4.90. The summed E-state index contributed by atoms with van der Waals surface area (Å²) in [5, 5.41) is 0. The highest BCUT2D eigenvalue weighted by Gasteiger charge is 2.30. The molecule has 0 radical (unpaired) electrons. The van der Waals surface area contributed by atoms with Gasteiger partial charge in [-0.25, -0.2) is 9.10 Å². The molecule has 0 atom stereocenters. The number of halogens is 1. The molecule has 0 saturated heterocycles. The van der Waals surface area contributed by atoms with Crippen LogP contribution in [-0.4, -0.2) is 41.3 Å². The minimum Gasteiger partial charge on any atom is -0.318 e. The first-order valence-corrected chi connectivity index (χ1v) is 9.01. The van der Waals surface area contributed by atoms with Crippen LogP contribution in [0.2, 0.25) is 0 Å². The lowest BCUT2D eigenvalue weighted by molar-refractivity contribution is 0.208. The minimum absolute atomic E-state index is 0.408. The molecule has 18 heavy (non-hydrogen) atoms. The van der Waals surface area contributed by atoms with Gasteiger partial charge in [-0.15, -0.1) is 4.39 Å². The number of hydrogen-bond donors (Lipinski definition) is 0. The number of carbonyl (C=O) groups is 1. The van der Waals surface area contributed by atoms with E-state index in [1.54, 1.807) is 4.08 Å². The Labute approximate surface area is 117 Å². The van der Waals surface area contributed by atoms with Gasteiger partial charge in [0.15, 0.2) is 0 Å². The van der Waals surface area contributed by atoms with E-state index in [9.17, 15) is 9.18 Å². The van der Waals surface area contributed by atoms with E-state index in [1.165, 1.54) is 7.05 Å². The molecule has 0 aliphatic rings. The molecule has 0 aliphatic heterocycles. The third-order valence-corrected chi connectivity index (χ3v) is 6.81. The molecule has 5 nitrogen and oxygen atoms in total. The Morgan fingerprint density at radius 2 is 1.83 bits per heavy atom. The van der Waals surface area contributed by atoms with Gasteiger partial charge in [0.2, 0.25) is 0 Å². The second kappa shape index (κ2) is 9.23. The second-order valence-electron chi connectivity index (χ2n) is 3.21. The Bertz CT molecular complexity index is 300. The molecule has 0 heterocycles. The van der Waals surface area contributed by atoms with Gasteiger partial charge in [-0.05, 0) is 32.1 Å². The van der Waals surface area contributed by atoms with E-state index in [0.29, 0.717) is 19.8 Å². The molecule has 0 rings (SSSR count). The van der Waals surface area contributed by atoms with Crippen molar-refractivity contribution in [2.75, 3.05) is 26.8 Å². The molecule has 0 aliphatic carbocycles. The minimum atomic E-state index is -2.67. The predicted octanol–water partition coefficient (Wildman–Crippen LogP) is 3.58. The molecule has 0 aromatic heterocycles. The van der Waals surface area contributed by atoms with Gasteiger partial charge >= 0.3 is 6.16 Å². The zero-order chi connectivity index (χ0) is 14.2. The van der Waals surface area contributed by atoms with E-state index in [1.807, 2.05) is 20.8 Å². The van der Waals surface area contributed by atoms with Crippen molar-refractivity contribution in [3.63, 3.8) is 0 Å². The summed E-state index contributed by atoms with van der Waals surface area (Å²) in [7, 11) is 1.34. The van der Waals surface area contributed by atoms with E-state index < -0.39 is 12.8 Å². The van der Waals surface area contributed by atoms with Gasteiger partial charge in [-0.3, -0.25) is 0 Å². The predicted molar refractivity (Wildman–Crippen MR) is 76.4 cm³/mol. The summed E-state index contributed by atoms with van der Waals surface area (Å²) in [6.07, 6.45) is -0.740. The molecule has 0 aromatic carbocycles. The summed E-state index contributed by atoms with van der Waals surface area (Å²) in [6, 6.07) is 0. The molecule has 0 unspecified atom stereocenters. The van der Waals surface area contributed by atoms with Crippen LogP contribution in [0.25, 0.3) is 0 Å². The van der Waals surface area contributed by atoms with Crippen LogP contribution in [0, 0.1) is 0 Å². The third kappa shape index (κ3) is 5.95. The standard InChI is InChI=1S/C9H20FN2O3PS2/c1-5-8-12(18-11(4)9(10)13)16(17,14-6-2)15-7-3/h5-8H2,1-4H3. The maximum absolute atomic E-state index is 12.6. The summed E-state index contributed by atoms with van der Waals surface area (Å²) in [6.45, 7) is 4.30. The number of carbonyl (C=O) groups excluding carboxylic acids is 1. The van der Waals surface area contributed by atoms with Gasteiger partial charge in [0.05, 0.1) is 25.3 Å². The zero-order valence-electron chi connectivity index (χ0n) is 11.1.